The van der Waals surface area contributed by atoms with Crippen LogP contribution in [0.25, 0.3) is 0 Å². The SMILES string of the molecule is CS(=O)(=O)c1cc(C(=O)OCC(=O)Nc2ccc(Cl)c(C(F)(F)F)c2)ccc1Cl. The summed E-state index contributed by atoms with van der Waals surface area (Å²) in [7, 11) is -3.70. The van der Waals surface area contributed by atoms with E-state index < -0.39 is 45.1 Å². The van der Waals surface area contributed by atoms with E-state index in [9.17, 15) is 31.2 Å². The highest BCUT2D eigenvalue weighted by atomic mass is 35.5. The predicted molar refractivity (Wildman–Crippen MR) is 99.9 cm³/mol. The van der Waals surface area contributed by atoms with Crippen molar-refractivity contribution in [1.29, 1.82) is 0 Å². The van der Waals surface area contributed by atoms with E-state index in [0.717, 1.165) is 24.5 Å². The molecule has 0 saturated heterocycles. The second-order valence-corrected chi connectivity index (χ2v) is 8.53. The molecule has 6 nitrogen and oxygen atoms in total. The summed E-state index contributed by atoms with van der Waals surface area (Å²) in [5, 5.41) is 1.51. The fraction of sp³-hybridized carbons (Fsp3) is 0.176. The van der Waals surface area contributed by atoms with Gasteiger partial charge in [0.05, 0.1) is 26.1 Å². The number of rotatable bonds is 5. The van der Waals surface area contributed by atoms with Crippen LogP contribution in [0.4, 0.5) is 18.9 Å². The predicted octanol–water partition coefficient (Wildman–Crippen LogP) is 4.21. The summed E-state index contributed by atoms with van der Waals surface area (Å²) in [5.41, 5.74) is -1.51. The molecule has 0 aliphatic carbocycles. The average molecular weight is 470 g/mol. The Morgan fingerprint density at radius 1 is 1.07 bits per heavy atom. The van der Waals surface area contributed by atoms with Gasteiger partial charge in [-0.15, -0.1) is 0 Å². The summed E-state index contributed by atoms with van der Waals surface area (Å²) in [4.78, 5) is 23.6. The molecule has 1 N–H and O–H groups in total. The van der Waals surface area contributed by atoms with Crippen LogP contribution in [0.15, 0.2) is 41.3 Å². The van der Waals surface area contributed by atoms with E-state index in [-0.39, 0.29) is 21.2 Å². The number of amides is 1. The van der Waals surface area contributed by atoms with Gasteiger partial charge in [-0.2, -0.15) is 13.2 Å². The van der Waals surface area contributed by atoms with Gasteiger partial charge in [0.15, 0.2) is 16.4 Å². The molecule has 0 spiro atoms. The van der Waals surface area contributed by atoms with Gasteiger partial charge in [-0.05, 0) is 36.4 Å². The first-order valence-corrected chi connectivity index (χ1v) is 10.3. The maximum absolute atomic E-state index is 12.8. The fourth-order valence-corrected chi connectivity index (χ4v) is 3.67. The Morgan fingerprint density at radius 3 is 2.28 bits per heavy atom. The summed E-state index contributed by atoms with van der Waals surface area (Å²) in [5.74, 6) is -1.93. The lowest BCUT2D eigenvalue weighted by Crippen LogP contribution is -2.21. The van der Waals surface area contributed by atoms with Gasteiger partial charge >= 0.3 is 12.1 Å². The number of hydrogen-bond donors (Lipinski definition) is 1. The minimum Gasteiger partial charge on any atom is -0.452 e. The molecule has 0 aromatic heterocycles. The van der Waals surface area contributed by atoms with E-state index in [4.69, 9.17) is 27.9 Å². The normalized spacial score (nSPS) is 11.8. The van der Waals surface area contributed by atoms with Gasteiger partial charge in [-0.1, -0.05) is 23.2 Å². The molecule has 0 aliphatic rings. The van der Waals surface area contributed by atoms with Gasteiger partial charge in [0.25, 0.3) is 5.91 Å². The van der Waals surface area contributed by atoms with Crippen molar-refractivity contribution in [2.24, 2.45) is 0 Å². The molecule has 2 aromatic rings. The van der Waals surface area contributed by atoms with Crippen LogP contribution in [0.3, 0.4) is 0 Å². The van der Waals surface area contributed by atoms with Gasteiger partial charge in [0.1, 0.15) is 0 Å². The molecule has 0 aliphatic heterocycles. The number of anilines is 1. The lowest BCUT2D eigenvalue weighted by molar-refractivity contribution is -0.137. The van der Waals surface area contributed by atoms with E-state index in [0.29, 0.717) is 6.07 Å². The highest BCUT2D eigenvalue weighted by Crippen LogP contribution is 2.36. The van der Waals surface area contributed by atoms with Crippen LogP contribution in [0.1, 0.15) is 15.9 Å². The fourth-order valence-electron chi connectivity index (χ4n) is 2.15. The third-order valence-corrected chi connectivity index (χ3v) is 5.36. The van der Waals surface area contributed by atoms with Gasteiger partial charge in [-0.3, -0.25) is 4.79 Å². The molecule has 1 amide bonds. The number of ether oxygens (including phenoxy) is 1. The Labute approximate surface area is 173 Å². The topological polar surface area (TPSA) is 89.5 Å². The maximum atomic E-state index is 12.8. The quantitative estimate of drug-likeness (QED) is 0.662. The molecule has 0 heterocycles. The number of nitrogens with one attached hydrogen (secondary N) is 1. The van der Waals surface area contributed by atoms with Crippen molar-refractivity contribution in [3.8, 4) is 0 Å². The maximum Gasteiger partial charge on any atom is 0.417 e. The summed E-state index contributed by atoms with van der Waals surface area (Å²) in [6.07, 6.45) is -3.81. The van der Waals surface area contributed by atoms with Gasteiger partial charge < -0.3 is 10.1 Å². The third-order valence-electron chi connectivity index (χ3n) is 3.46. The van der Waals surface area contributed by atoms with Gasteiger partial charge in [0.2, 0.25) is 0 Å². The molecule has 0 fully saturated rings. The van der Waals surface area contributed by atoms with Crippen LogP contribution in [-0.2, 0) is 25.5 Å². The molecule has 0 radical (unpaired) electrons. The second kappa shape index (κ2) is 8.60. The van der Waals surface area contributed by atoms with Crippen molar-refractivity contribution in [3.63, 3.8) is 0 Å². The molecule has 2 rings (SSSR count). The minimum atomic E-state index is -4.71. The minimum absolute atomic E-state index is 0.0926. The lowest BCUT2D eigenvalue weighted by atomic mass is 10.2. The van der Waals surface area contributed by atoms with Crippen LogP contribution < -0.4 is 5.32 Å². The summed E-state index contributed by atoms with van der Waals surface area (Å²) >= 11 is 11.3. The van der Waals surface area contributed by atoms with Crippen molar-refractivity contribution in [2.75, 3.05) is 18.2 Å². The molecule has 29 heavy (non-hydrogen) atoms. The van der Waals surface area contributed by atoms with Crippen molar-refractivity contribution in [1.82, 2.24) is 0 Å². The number of carbonyl (C=O) groups is 2. The number of hydrogen-bond acceptors (Lipinski definition) is 5. The molecular weight excluding hydrogens is 458 g/mol. The zero-order valence-corrected chi connectivity index (χ0v) is 16.8. The monoisotopic (exact) mass is 469 g/mol. The number of alkyl halides is 3. The summed E-state index contributed by atoms with van der Waals surface area (Å²) in [6, 6.07) is 6.13. The van der Waals surface area contributed by atoms with Gasteiger partial charge in [0, 0.05) is 11.9 Å². The largest absolute Gasteiger partial charge is 0.452 e. The Balaban J connectivity index is 2.06. The van der Waals surface area contributed by atoms with E-state index in [1.54, 1.807) is 0 Å². The zero-order valence-electron chi connectivity index (χ0n) is 14.5. The first-order chi connectivity index (χ1) is 13.3. The van der Waals surface area contributed by atoms with Crippen LogP contribution >= 0.6 is 23.2 Å². The zero-order chi connectivity index (χ0) is 22.0. The van der Waals surface area contributed by atoms with E-state index in [1.807, 2.05) is 0 Å². The summed E-state index contributed by atoms with van der Waals surface area (Å²) < 4.78 is 66.5. The first-order valence-electron chi connectivity index (χ1n) is 7.62. The number of esters is 1. The van der Waals surface area contributed by atoms with E-state index in [1.165, 1.54) is 12.1 Å². The third kappa shape index (κ3) is 6.09. The van der Waals surface area contributed by atoms with Crippen LogP contribution in [0, 0.1) is 0 Å². The Morgan fingerprint density at radius 2 is 1.69 bits per heavy atom. The molecule has 12 heteroatoms. The molecule has 0 bridgehead atoms. The molecule has 156 valence electrons. The van der Waals surface area contributed by atoms with Gasteiger partial charge in [-0.25, -0.2) is 13.2 Å². The number of carbonyl (C=O) groups excluding carboxylic acids is 2. The molecule has 2 aromatic carbocycles. The van der Waals surface area contributed by atoms with Crippen molar-refractivity contribution >= 4 is 50.6 Å². The Bertz CT molecular complexity index is 1070. The molecule has 0 atom stereocenters. The van der Waals surface area contributed by atoms with E-state index in [2.05, 4.69) is 5.32 Å². The smallest absolute Gasteiger partial charge is 0.417 e. The average Bonchev–Trinajstić information content (AvgIpc) is 2.59. The van der Waals surface area contributed by atoms with E-state index >= 15 is 0 Å². The Kier molecular flexibility index (Phi) is 6.82. The number of halogens is 5. The lowest BCUT2D eigenvalue weighted by Gasteiger charge is -2.12. The van der Waals surface area contributed by atoms with Crippen molar-refractivity contribution < 1.29 is 35.9 Å². The molecular formula is C17H12Cl2F3NO5S. The standard InChI is InChI=1S/C17H12Cl2F3NO5S/c1-29(26,27)14-6-9(2-4-13(14)19)16(25)28-8-15(24)23-10-3-5-12(18)11(7-10)17(20,21)22/h2-7H,8H2,1H3,(H,23,24). The van der Waals surface area contributed by atoms with Crippen molar-refractivity contribution in [3.05, 3.63) is 57.6 Å². The van der Waals surface area contributed by atoms with Crippen LogP contribution in [-0.4, -0.2) is 33.2 Å². The Hall–Kier alpha value is -2.30. The van der Waals surface area contributed by atoms with Crippen molar-refractivity contribution in [2.45, 2.75) is 11.1 Å². The summed E-state index contributed by atoms with van der Waals surface area (Å²) in [6.45, 7) is -0.820. The van der Waals surface area contributed by atoms with Crippen LogP contribution in [0.2, 0.25) is 10.0 Å². The molecule has 0 unspecified atom stereocenters. The first kappa shape index (κ1) is 23.0. The highest BCUT2D eigenvalue weighted by Gasteiger charge is 2.33. The van der Waals surface area contributed by atoms with Crippen LogP contribution in [0.5, 0.6) is 0 Å². The number of sulfone groups is 1. The molecule has 0 saturated carbocycles. The number of benzene rings is 2. The highest BCUT2D eigenvalue weighted by molar-refractivity contribution is 7.90. The second-order valence-electron chi connectivity index (χ2n) is 5.73.